The van der Waals surface area contributed by atoms with Gasteiger partial charge in [-0.25, -0.2) is 13.1 Å². The van der Waals surface area contributed by atoms with E-state index in [-0.39, 0.29) is 17.7 Å². The van der Waals surface area contributed by atoms with Gasteiger partial charge in [0.05, 0.1) is 10.6 Å². The number of hydrogen-bond donors (Lipinski definition) is 1. The monoisotopic (exact) mass is 460 g/mol. The zero-order valence-corrected chi connectivity index (χ0v) is 18.6. The second kappa shape index (κ2) is 9.13. The van der Waals surface area contributed by atoms with E-state index >= 15 is 0 Å². The first kappa shape index (κ1) is 21.6. The predicted octanol–water partition coefficient (Wildman–Crippen LogP) is 4.66. The van der Waals surface area contributed by atoms with Crippen LogP contribution in [0, 0.1) is 0 Å². The lowest BCUT2D eigenvalue weighted by molar-refractivity contribution is 0.0716. The summed E-state index contributed by atoms with van der Waals surface area (Å²) in [5.74, 6) is 0.108. The SMILES string of the molecule is CCCS(=O)(=O)NC1CCN(C(=O)c2ccc(-c3cc(Cl)cc(Cl)c3)s2)CC1. The van der Waals surface area contributed by atoms with E-state index in [1.807, 2.05) is 31.2 Å². The fraction of sp³-hybridized carbons (Fsp3) is 0.421. The molecule has 5 nitrogen and oxygen atoms in total. The summed E-state index contributed by atoms with van der Waals surface area (Å²) in [6.07, 6.45) is 1.83. The van der Waals surface area contributed by atoms with E-state index in [0.29, 0.717) is 47.3 Å². The second-order valence-corrected chi connectivity index (χ2v) is 10.7. The largest absolute Gasteiger partial charge is 0.338 e. The van der Waals surface area contributed by atoms with Crippen LogP contribution >= 0.6 is 34.5 Å². The third kappa shape index (κ3) is 5.48. The normalized spacial score (nSPS) is 15.8. The van der Waals surface area contributed by atoms with Gasteiger partial charge in [0.1, 0.15) is 0 Å². The Hall–Kier alpha value is -1.12. The number of benzene rings is 1. The van der Waals surface area contributed by atoms with Crippen LogP contribution in [0.25, 0.3) is 10.4 Å². The van der Waals surface area contributed by atoms with Crippen LogP contribution in [0.4, 0.5) is 0 Å². The maximum absolute atomic E-state index is 12.8. The maximum atomic E-state index is 12.8. The van der Waals surface area contributed by atoms with Crippen LogP contribution in [0.1, 0.15) is 35.9 Å². The van der Waals surface area contributed by atoms with Crippen molar-refractivity contribution >= 4 is 50.5 Å². The number of nitrogens with zero attached hydrogens (tertiary/aromatic N) is 1. The van der Waals surface area contributed by atoms with Gasteiger partial charge in [0.15, 0.2) is 0 Å². The van der Waals surface area contributed by atoms with E-state index in [2.05, 4.69) is 4.72 Å². The summed E-state index contributed by atoms with van der Waals surface area (Å²) in [7, 11) is -3.23. The first-order chi connectivity index (χ1) is 13.3. The maximum Gasteiger partial charge on any atom is 0.263 e. The second-order valence-electron chi connectivity index (χ2n) is 6.83. The molecule has 1 saturated heterocycles. The number of rotatable bonds is 6. The molecule has 0 radical (unpaired) electrons. The topological polar surface area (TPSA) is 66.5 Å². The van der Waals surface area contributed by atoms with Crippen molar-refractivity contribution in [2.45, 2.75) is 32.2 Å². The van der Waals surface area contributed by atoms with Crippen molar-refractivity contribution in [2.75, 3.05) is 18.8 Å². The number of piperidine rings is 1. The Bertz CT molecular complexity index is 932. The number of likely N-dealkylation sites (tertiary alicyclic amines) is 1. The molecule has 1 N–H and O–H groups in total. The molecule has 1 aromatic heterocycles. The predicted molar refractivity (Wildman–Crippen MR) is 116 cm³/mol. The first-order valence-electron chi connectivity index (χ1n) is 9.13. The summed E-state index contributed by atoms with van der Waals surface area (Å²) in [4.78, 5) is 16.2. The summed E-state index contributed by atoms with van der Waals surface area (Å²) in [6.45, 7) is 2.91. The fourth-order valence-electron chi connectivity index (χ4n) is 3.24. The number of halogens is 2. The summed E-state index contributed by atoms with van der Waals surface area (Å²) in [5, 5.41) is 1.10. The van der Waals surface area contributed by atoms with Gasteiger partial charge in [-0.3, -0.25) is 4.79 Å². The van der Waals surface area contributed by atoms with Gasteiger partial charge in [-0.15, -0.1) is 11.3 Å². The van der Waals surface area contributed by atoms with Crippen LogP contribution < -0.4 is 4.72 Å². The van der Waals surface area contributed by atoms with E-state index < -0.39 is 10.0 Å². The number of carbonyl (C=O) groups excluding carboxylic acids is 1. The molecule has 1 aliphatic rings. The Morgan fingerprint density at radius 3 is 2.43 bits per heavy atom. The molecule has 1 amide bonds. The fourth-order valence-corrected chi connectivity index (χ4v) is 6.13. The average molecular weight is 461 g/mol. The van der Waals surface area contributed by atoms with Crippen molar-refractivity contribution in [1.82, 2.24) is 9.62 Å². The molecule has 28 heavy (non-hydrogen) atoms. The summed E-state index contributed by atoms with van der Waals surface area (Å²) >= 11 is 13.5. The minimum Gasteiger partial charge on any atom is -0.338 e. The van der Waals surface area contributed by atoms with Gasteiger partial charge in [-0.05, 0) is 55.2 Å². The number of thiophene rings is 1. The van der Waals surface area contributed by atoms with Crippen LogP contribution in [0.2, 0.25) is 10.0 Å². The van der Waals surface area contributed by atoms with Gasteiger partial charge in [-0.2, -0.15) is 0 Å². The molecular weight excluding hydrogens is 439 g/mol. The molecule has 152 valence electrons. The van der Waals surface area contributed by atoms with Crippen LogP contribution in [-0.4, -0.2) is 44.1 Å². The van der Waals surface area contributed by atoms with Gasteiger partial charge < -0.3 is 4.90 Å². The van der Waals surface area contributed by atoms with Crippen molar-refractivity contribution in [3.63, 3.8) is 0 Å². The molecule has 0 unspecified atom stereocenters. The van der Waals surface area contributed by atoms with Crippen molar-refractivity contribution in [3.8, 4) is 10.4 Å². The molecule has 2 aromatic rings. The van der Waals surface area contributed by atoms with E-state index in [1.165, 1.54) is 11.3 Å². The zero-order chi connectivity index (χ0) is 20.3. The third-order valence-electron chi connectivity index (χ3n) is 4.57. The molecule has 0 atom stereocenters. The number of hydrogen-bond acceptors (Lipinski definition) is 4. The molecule has 9 heteroatoms. The van der Waals surface area contributed by atoms with E-state index in [9.17, 15) is 13.2 Å². The standard InChI is InChI=1S/C19H22Cl2N2O3S2/c1-2-9-28(25,26)22-16-5-7-23(8-6-16)19(24)18-4-3-17(27-18)13-10-14(20)12-15(21)11-13/h3-4,10-12,16,22H,2,5-9H2,1H3. The molecule has 0 saturated carbocycles. The highest BCUT2D eigenvalue weighted by Crippen LogP contribution is 2.33. The summed E-state index contributed by atoms with van der Waals surface area (Å²) < 4.78 is 26.6. The highest BCUT2D eigenvalue weighted by atomic mass is 35.5. The van der Waals surface area contributed by atoms with E-state index in [4.69, 9.17) is 23.2 Å². The van der Waals surface area contributed by atoms with Gasteiger partial charge in [0.25, 0.3) is 5.91 Å². The molecule has 3 rings (SSSR count). The highest BCUT2D eigenvalue weighted by molar-refractivity contribution is 7.89. The van der Waals surface area contributed by atoms with Crippen LogP contribution in [0.3, 0.4) is 0 Å². The van der Waals surface area contributed by atoms with E-state index in [0.717, 1.165) is 10.4 Å². The van der Waals surface area contributed by atoms with Gasteiger partial charge >= 0.3 is 0 Å². The lowest BCUT2D eigenvalue weighted by Gasteiger charge is -2.32. The molecule has 0 bridgehead atoms. The Labute approximate surface area is 179 Å². The summed E-state index contributed by atoms with van der Waals surface area (Å²) in [5.41, 5.74) is 0.880. The molecule has 0 aliphatic carbocycles. The molecule has 1 aliphatic heterocycles. The number of nitrogens with one attached hydrogen (secondary N) is 1. The minimum absolute atomic E-state index is 0.0285. The summed E-state index contributed by atoms with van der Waals surface area (Å²) in [6, 6.07) is 8.92. The van der Waals surface area contributed by atoms with Crippen LogP contribution in [0.5, 0.6) is 0 Å². The van der Waals surface area contributed by atoms with Crippen LogP contribution in [-0.2, 0) is 10.0 Å². The molecule has 2 heterocycles. The Kier molecular flexibility index (Phi) is 7.04. The first-order valence-corrected chi connectivity index (χ1v) is 12.4. The number of carbonyl (C=O) groups is 1. The zero-order valence-electron chi connectivity index (χ0n) is 15.5. The van der Waals surface area contributed by atoms with Gasteiger partial charge in [0, 0.05) is 34.1 Å². The van der Waals surface area contributed by atoms with E-state index in [1.54, 1.807) is 11.0 Å². The highest BCUT2D eigenvalue weighted by Gasteiger charge is 2.27. The van der Waals surface area contributed by atoms with Crippen LogP contribution in [0.15, 0.2) is 30.3 Å². The van der Waals surface area contributed by atoms with Crippen molar-refractivity contribution < 1.29 is 13.2 Å². The molecular formula is C19H22Cl2N2O3S2. The quantitative estimate of drug-likeness (QED) is 0.681. The molecule has 1 fully saturated rings. The Balaban J connectivity index is 1.62. The van der Waals surface area contributed by atoms with Gasteiger partial charge in [0.2, 0.25) is 10.0 Å². The van der Waals surface area contributed by atoms with Gasteiger partial charge in [-0.1, -0.05) is 30.1 Å². The average Bonchev–Trinajstić information content (AvgIpc) is 3.10. The molecule has 0 spiro atoms. The lowest BCUT2D eigenvalue weighted by Crippen LogP contribution is -2.46. The third-order valence-corrected chi connectivity index (χ3v) is 7.76. The Morgan fingerprint density at radius 1 is 1.18 bits per heavy atom. The minimum atomic E-state index is -3.23. The smallest absolute Gasteiger partial charge is 0.263 e. The Morgan fingerprint density at radius 2 is 1.82 bits per heavy atom. The van der Waals surface area contributed by atoms with Crippen molar-refractivity contribution in [1.29, 1.82) is 0 Å². The van der Waals surface area contributed by atoms with Crippen molar-refractivity contribution in [2.24, 2.45) is 0 Å². The molecule has 1 aromatic carbocycles. The number of sulfonamides is 1. The van der Waals surface area contributed by atoms with Crippen molar-refractivity contribution in [3.05, 3.63) is 45.3 Å². The lowest BCUT2D eigenvalue weighted by atomic mass is 10.1. The number of amides is 1.